The Labute approximate surface area is 109 Å². The van der Waals surface area contributed by atoms with Crippen LogP contribution in [0.2, 0.25) is 0 Å². The monoisotopic (exact) mass is 273 g/mol. The number of thioether (sulfide) groups is 1. The largest absolute Gasteiger partial charge is 0.467 e. The summed E-state index contributed by atoms with van der Waals surface area (Å²) >= 11 is 0.932. The van der Waals surface area contributed by atoms with Gasteiger partial charge in [0.15, 0.2) is 0 Å². The zero-order chi connectivity index (χ0) is 13.1. The first-order valence-electron chi connectivity index (χ1n) is 5.79. The van der Waals surface area contributed by atoms with E-state index in [9.17, 15) is 14.4 Å². The predicted octanol–water partition coefficient (Wildman–Crippen LogP) is 0.650. The Balaban J connectivity index is 2.21. The highest BCUT2D eigenvalue weighted by Gasteiger charge is 2.44. The van der Waals surface area contributed by atoms with Crippen LogP contribution in [-0.2, 0) is 19.1 Å². The van der Waals surface area contributed by atoms with Gasteiger partial charge in [0.25, 0.3) is 5.24 Å². The van der Waals surface area contributed by atoms with E-state index in [2.05, 4.69) is 0 Å². The number of esters is 1. The van der Waals surface area contributed by atoms with E-state index in [4.69, 9.17) is 9.47 Å². The van der Waals surface area contributed by atoms with Crippen molar-refractivity contribution in [3.63, 3.8) is 0 Å². The lowest BCUT2D eigenvalue weighted by atomic mass is 9.90. The molecule has 0 aliphatic carbocycles. The molecule has 100 valence electrons. The topological polar surface area (TPSA) is 72.9 Å². The molecule has 0 aromatic rings. The number of hydrogen-bond acceptors (Lipinski definition) is 6. The molecule has 2 aliphatic heterocycles. The van der Waals surface area contributed by atoms with Gasteiger partial charge in [-0.1, -0.05) is 11.8 Å². The van der Waals surface area contributed by atoms with E-state index in [1.54, 1.807) is 0 Å². The van der Waals surface area contributed by atoms with Crippen LogP contribution in [0.15, 0.2) is 0 Å². The van der Waals surface area contributed by atoms with Gasteiger partial charge in [0, 0.05) is 13.2 Å². The molecule has 0 spiro atoms. The van der Waals surface area contributed by atoms with Crippen LogP contribution in [-0.4, -0.2) is 54.1 Å². The molecule has 0 aromatic carbocycles. The van der Waals surface area contributed by atoms with Crippen molar-refractivity contribution >= 4 is 28.9 Å². The van der Waals surface area contributed by atoms with Crippen LogP contribution < -0.4 is 0 Å². The summed E-state index contributed by atoms with van der Waals surface area (Å²) in [5.74, 6) is -0.800. The number of amides is 2. The quantitative estimate of drug-likeness (QED) is 0.703. The summed E-state index contributed by atoms with van der Waals surface area (Å²) in [5.41, 5.74) is 0. The van der Waals surface area contributed by atoms with Gasteiger partial charge in [0.1, 0.15) is 6.04 Å². The predicted molar refractivity (Wildman–Crippen MR) is 64.0 cm³/mol. The Bertz CT molecular complexity index is 350. The molecular weight excluding hydrogens is 258 g/mol. The Kier molecular flexibility index (Phi) is 4.23. The van der Waals surface area contributed by atoms with E-state index in [0.29, 0.717) is 26.1 Å². The van der Waals surface area contributed by atoms with Gasteiger partial charge in [-0.05, 0) is 18.8 Å². The Morgan fingerprint density at radius 2 is 2.11 bits per heavy atom. The number of carbonyl (C=O) groups is 3. The third-order valence-electron chi connectivity index (χ3n) is 3.22. The summed E-state index contributed by atoms with van der Waals surface area (Å²) in [5, 5.41) is -0.359. The number of nitrogens with zero attached hydrogens (tertiary/aromatic N) is 1. The van der Waals surface area contributed by atoms with E-state index < -0.39 is 12.0 Å². The van der Waals surface area contributed by atoms with Crippen LogP contribution in [0.5, 0.6) is 0 Å². The number of hydrogen-bond donors (Lipinski definition) is 0. The molecule has 2 aliphatic rings. The van der Waals surface area contributed by atoms with Crippen molar-refractivity contribution in [3.05, 3.63) is 0 Å². The molecular formula is C11H15NO5S. The molecule has 2 saturated heterocycles. The summed E-state index contributed by atoms with van der Waals surface area (Å²) < 4.78 is 9.97. The van der Waals surface area contributed by atoms with Crippen LogP contribution in [0, 0.1) is 5.92 Å². The van der Waals surface area contributed by atoms with Crippen LogP contribution in [0.25, 0.3) is 0 Å². The van der Waals surface area contributed by atoms with E-state index >= 15 is 0 Å². The van der Waals surface area contributed by atoms with E-state index in [1.165, 1.54) is 7.11 Å². The van der Waals surface area contributed by atoms with E-state index in [1.807, 2.05) is 0 Å². The third kappa shape index (κ3) is 2.51. The maximum absolute atomic E-state index is 11.9. The molecule has 1 unspecified atom stereocenters. The normalized spacial score (nSPS) is 23.3. The Hall–Kier alpha value is -1.08. The fourth-order valence-electron chi connectivity index (χ4n) is 2.29. The minimum absolute atomic E-state index is 0.0715. The van der Waals surface area contributed by atoms with Crippen molar-refractivity contribution < 1.29 is 23.9 Å². The molecule has 6 nitrogen and oxygen atoms in total. The lowest BCUT2D eigenvalue weighted by Gasteiger charge is -2.32. The minimum atomic E-state index is -0.797. The van der Waals surface area contributed by atoms with Gasteiger partial charge in [-0.15, -0.1) is 0 Å². The van der Waals surface area contributed by atoms with Gasteiger partial charge in [0.05, 0.1) is 12.9 Å². The Morgan fingerprint density at radius 1 is 1.44 bits per heavy atom. The first kappa shape index (κ1) is 13.4. The SMILES string of the molecule is COC(=O)C(C1CCOCC1)N1C(=O)CSC1=O. The summed E-state index contributed by atoms with van der Waals surface area (Å²) in [4.78, 5) is 36.4. The second-order valence-electron chi connectivity index (χ2n) is 4.24. The third-order valence-corrected chi connectivity index (χ3v) is 4.05. The second kappa shape index (κ2) is 5.71. The van der Waals surface area contributed by atoms with Crippen molar-refractivity contribution in [2.24, 2.45) is 5.92 Å². The average molecular weight is 273 g/mol. The smallest absolute Gasteiger partial charge is 0.329 e. The zero-order valence-electron chi connectivity index (χ0n) is 10.1. The summed E-state index contributed by atoms with van der Waals surface area (Å²) in [6.45, 7) is 1.09. The molecule has 2 rings (SSSR count). The van der Waals surface area contributed by atoms with Crippen LogP contribution in [0.4, 0.5) is 4.79 Å². The molecule has 2 amide bonds. The molecule has 0 N–H and O–H groups in total. The first-order valence-corrected chi connectivity index (χ1v) is 6.78. The molecule has 7 heteroatoms. The van der Waals surface area contributed by atoms with Gasteiger partial charge < -0.3 is 9.47 Å². The van der Waals surface area contributed by atoms with Gasteiger partial charge in [-0.3, -0.25) is 14.5 Å². The molecule has 0 bridgehead atoms. The van der Waals surface area contributed by atoms with Crippen molar-refractivity contribution in [2.75, 3.05) is 26.1 Å². The van der Waals surface area contributed by atoms with E-state index in [-0.39, 0.29) is 22.8 Å². The van der Waals surface area contributed by atoms with Crippen molar-refractivity contribution in [1.29, 1.82) is 0 Å². The number of methoxy groups -OCH3 is 1. The van der Waals surface area contributed by atoms with Crippen LogP contribution in [0.1, 0.15) is 12.8 Å². The standard InChI is InChI=1S/C11H15NO5S/c1-16-10(14)9(7-2-4-17-5-3-7)12-8(13)6-18-11(12)15/h7,9H,2-6H2,1H3. The molecule has 2 fully saturated rings. The molecule has 18 heavy (non-hydrogen) atoms. The Morgan fingerprint density at radius 3 is 2.61 bits per heavy atom. The molecule has 0 saturated carbocycles. The number of carbonyl (C=O) groups excluding carboxylic acids is 3. The molecule has 0 radical (unpaired) electrons. The van der Waals surface area contributed by atoms with Gasteiger partial charge in [-0.25, -0.2) is 4.79 Å². The number of rotatable bonds is 3. The molecule has 2 heterocycles. The van der Waals surface area contributed by atoms with Gasteiger partial charge in [0.2, 0.25) is 5.91 Å². The minimum Gasteiger partial charge on any atom is -0.467 e. The van der Waals surface area contributed by atoms with Crippen LogP contribution >= 0.6 is 11.8 Å². The fraction of sp³-hybridized carbons (Fsp3) is 0.727. The number of ether oxygens (including phenoxy) is 2. The lowest BCUT2D eigenvalue weighted by molar-refractivity contribution is -0.152. The summed E-state index contributed by atoms with van der Waals surface area (Å²) in [6.07, 6.45) is 1.31. The number of imide groups is 1. The molecule has 1 atom stereocenters. The highest BCUT2D eigenvalue weighted by atomic mass is 32.2. The maximum atomic E-state index is 11.9. The summed E-state index contributed by atoms with van der Waals surface area (Å²) in [7, 11) is 1.27. The lowest BCUT2D eigenvalue weighted by Crippen LogP contribution is -2.50. The van der Waals surface area contributed by atoms with E-state index in [0.717, 1.165) is 16.7 Å². The van der Waals surface area contributed by atoms with Crippen LogP contribution in [0.3, 0.4) is 0 Å². The van der Waals surface area contributed by atoms with Gasteiger partial charge >= 0.3 is 5.97 Å². The molecule has 0 aromatic heterocycles. The van der Waals surface area contributed by atoms with Gasteiger partial charge in [-0.2, -0.15) is 0 Å². The maximum Gasteiger partial charge on any atom is 0.329 e. The highest BCUT2D eigenvalue weighted by Crippen LogP contribution is 2.30. The zero-order valence-corrected chi connectivity index (χ0v) is 10.9. The second-order valence-corrected chi connectivity index (χ2v) is 5.16. The summed E-state index contributed by atoms with van der Waals surface area (Å²) in [6, 6.07) is -0.797. The van der Waals surface area contributed by atoms with Crippen molar-refractivity contribution in [1.82, 2.24) is 4.90 Å². The fourth-order valence-corrected chi connectivity index (χ4v) is 3.03. The van der Waals surface area contributed by atoms with Crippen molar-refractivity contribution in [3.8, 4) is 0 Å². The highest BCUT2D eigenvalue weighted by molar-refractivity contribution is 8.14. The average Bonchev–Trinajstić information content (AvgIpc) is 2.72. The van der Waals surface area contributed by atoms with Crippen molar-refractivity contribution in [2.45, 2.75) is 18.9 Å². The first-order chi connectivity index (χ1) is 8.65.